The predicted octanol–water partition coefficient (Wildman–Crippen LogP) is 1.51. The maximum absolute atomic E-state index is 12.2. The summed E-state index contributed by atoms with van der Waals surface area (Å²) in [6.45, 7) is 0. The third-order valence-corrected chi connectivity index (χ3v) is 3.51. The van der Waals surface area contributed by atoms with Crippen LogP contribution in [-0.4, -0.2) is 35.3 Å². The summed E-state index contributed by atoms with van der Waals surface area (Å²) in [5.74, 6) is 0.0685. The molecule has 0 bridgehead atoms. The second-order valence-corrected chi connectivity index (χ2v) is 4.85. The molecule has 1 heterocycles. The Labute approximate surface area is 113 Å². The van der Waals surface area contributed by atoms with Crippen LogP contribution in [0, 0.1) is 0 Å². The standard InChI is InChI=1S/C14H20N2O3/c1-19-14-10(6-5-9-15-14)13(18)16-11-7-3-2-4-8-12(11)17/h5-6,9,11-12,17H,2-4,7-8H2,1H3,(H,16,18). The van der Waals surface area contributed by atoms with E-state index in [9.17, 15) is 9.90 Å². The van der Waals surface area contributed by atoms with Crippen molar-refractivity contribution in [2.45, 2.75) is 44.2 Å². The molecule has 104 valence electrons. The molecule has 2 N–H and O–H groups in total. The molecular formula is C14H20N2O3. The first-order valence-corrected chi connectivity index (χ1v) is 6.70. The van der Waals surface area contributed by atoms with Crippen molar-refractivity contribution in [3.8, 4) is 5.88 Å². The van der Waals surface area contributed by atoms with Crippen LogP contribution in [0.3, 0.4) is 0 Å². The average Bonchev–Trinajstić information content (AvgIpc) is 2.64. The Morgan fingerprint density at radius 1 is 1.42 bits per heavy atom. The Morgan fingerprint density at radius 3 is 3.00 bits per heavy atom. The lowest BCUT2D eigenvalue weighted by atomic mass is 10.1. The van der Waals surface area contributed by atoms with E-state index in [2.05, 4.69) is 10.3 Å². The topological polar surface area (TPSA) is 71.5 Å². The lowest BCUT2D eigenvalue weighted by Crippen LogP contribution is -2.42. The highest BCUT2D eigenvalue weighted by Gasteiger charge is 2.24. The third-order valence-electron chi connectivity index (χ3n) is 3.51. The Balaban J connectivity index is 2.07. The molecule has 5 nitrogen and oxygen atoms in total. The van der Waals surface area contributed by atoms with Gasteiger partial charge in [0, 0.05) is 6.20 Å². The minimum Gasteiger partial charge on any atom is -0.480 e. The Morgan fingerprint density at radius 2 is 2.21 bits per heavy atom. The number of hydrogen-bond acceptors (Lipinski definition) is 4. The van der Waals surface area contributed by atoms with Crippen LogP contribution >= 0.6 is 0 Å². The number of methoxy groups -OCH3 is 1. The van der Waals surface area contributed by atoms with Crippen molar-refractivity contribution in [3.63, 3.8) is 0 Å². The second-order valence-electron chi connectivity index (χ2n) is 4.85. The zero-order valence-electron chi connectivity index (χ0n) is 11.1. The molecule has 2 unspecified atom stereocenters. The zero-order valence-corrected chi connectivity index (χ0v) is 11.1. The van der Waals surface area contributed by atoms with Crippen LogP contribution in [0.2, 0.25) is 0 Å². The van der Waals surface area contributed by atoms with Crippen molar-refractivity contribution < 1.29 is 14.6 Å². The number of ether oxygens (including phenoxy) is 1. The largest absolute Gasteiger partial charge is 0.480 e. The summed E-state index contributed by atoms with van der Waals surface area (Å²) in [5.41, 5.74) is 0.404. The Hall–Kier alpha value is -1.62. The van der Waals surface area contributed by atoms with E-state index in [1.807, 2.05) is 0 Å². The molecule has 0 spiro atoms. The molecule has 1 amide bonds. The van der Waals surface area contributed by atoms with Gasteiger partial charge in [0.25, 0.3) is 5.91 Å². The number of aliphatic hydroxyl groups excluding tert-OH is 1. The lowest BCUT2D eigenvalue weighted by molar-refractivity contribution is 0.0815. The first-order chi connectivity index (χ1) is 9.22. The molecule has 1 fully saturated rings. The van der Waals surface area contributed by atoms with Gasteiger partial charge in [-0.05, 0) is 25.0 Å². The molecule has 0 radical (unpaired) electrons. The van der Waals surface area contributed by atoms with Gasteiger partial charge in [-0.25, -0.2) is 4.98 Å². The molecule has 2 atom stereocenters. The fourth-order valence-corrected chi connectivity index (χ4v) is 2.43. The van der Waals surface area contributed by atoms with Gasteiger partial charge in [0.2, 0.25) is 5.88 Å². The fraction of sp³-hybridized carbons (Fsp3) is 0.571. The van der Waals surface area contributed by atoms with E-state index >= 15 is 0 Å². The number of carbonyl (C=O) groups is 1. The molecule has 1 aromatic heterocycles. The van der Waals surface area contributed by atoms with Crippen molar-refractivity contribution in [3.05, 3.63) is 23.9 Å². The summed E-state index contributed by atoms with van der Waals surface area (Å²) in [4.78, 5) is 16.2. The van der Waals surface area contributed by atoms with Gasteiger partial charge >= 0.3 is 0 Å². The minimum atomic E-state index is -0.464. The maximum atomic E-state index is 12.2. The number of aromatic nitrogens is 1. The van der Waals surface area contributed by atoms with Gasteiger partial charge in [0.15, 0.2) is 0 Å². The molecule has 0 aromatic carbocycles. The number of hydrogen-bond donors (Lipinski definition) is 2. The summed E-state index contributed by atoms with van der Waals surface area (Å²) >= 11 is 0. The number of aliphatic hydroxyl groups is 1. The van der Waals surface area contributed by atoms with Crippen LogP contribution in [0.1, 0.15) is 42.5 Å². The van der Waals surface area contributed by atoms with Crippen LogP contribution in [0.15, 0.2) is 18.3 Å². The molecule has 19 heavy (non-hydrogen) atoms. The van der Waals surface area contributed by atoms with Gasteiger partial charge in [-0.3, -0.25) is 4.79 Å². The fourth-order valence-electron chi connectivity index (χ4n) is 2.43. The molecule has 1 aromatic rings. The summed E-state index contributed by atoms with van der Waals surface area (Å²) in [7, 11) is 1.49. The highest BCUT2D eigenvalue weighted by Crippen LogP contribution is 2.19. The van der Waals surface area contributed by atoms with Crippen LogP contribution in [0.4, 0.5) is 0 Å². The lowest BCUT2D eigenvalue weighted by Gasteiger charge is -2.22. The van der Waals surface area contributed by atoms with Gasteiger partial charge in [-0.15, -0.1) is 0 Å². The Bertz CT molecular complexity index is 436. The highest BCUT2D eigenvalue weighted by atomic mass is 16.5. The summed E-state index contributed by atoms with van der Waals surface area (Å²) in [6, 6.07) is 3.19. The molecule has 0 aliphatic heterocycles. The smallest absolute Gasteiger partial charge is 0.257 e. The van der Waals surface area contributed by atoms with Gasteiger partial charge in [0.1, 0.15) is 5.56 Å². The van der Waals surface area contributed by atoms with Crippen molar-refractivity contribution in [2.24, 2.45) is 0 Å². The summed E-state index contributed by atoms with van der Waals surface area (Å²) in [5, 5.41) is 12.9. The van der Waals surface area contributed by atoms with E-state index in [1.165, 1.54) is 7.11 Å². The number of carbonyl (C=O) groups excluding carboxylic acids is 1. The molecule has 1 saturated carbocycles. The number of nitrogens with zero attached hydrogens (tertiary/aromatic N) is 1. The normalized spacial score (nSPS) is 23.5. The number of rotatable bonds is 3. The van der Waals surface area contributed by atoms with E-state index in [-0.39, 0.29) is 11.9 Å². The molecule has 0 saturated heterocycles. The van der Waals surface area contributed by atoms with Gasteiger partial charge in [-0.1, -0.05) is 19.3 Å². The molecule has 2 rings (SSSR count). The molecule has 1 aliphatic carbocycles. The van der Waals surface area contributed by atoms with Crippen LogP contribution < -0.4 is 10.1 Å². The van der Waals surface area contributed by atoms with Crippen LogP contribution in [0.5, 0.6) is 5.88 Å². The van der Waals surface area contributed by atoms with Crippen molar-refractivity contribution in [2.75, 3.05) is 7.11 Å². The van der Waals surface area contributed by atoms with E-state index in [1.54, 1.807) is 18.3 Å². The molecule has 1 aliphatic rings. The van der Waals surface area contributed by atoms with Crippen molar-refractivity contribution >= 4 is 5.91 Å². The van der Waals surface area contributed by atoms with Gasteiger partial charge in [0.05, 0.1) is 19.3 Å². The van der Waals surface area contributed by atoms with Crippen LogP contribution in [0.25, 0.3) is 0 Å². The van der Waals surface area contributed by atoms with E-state index in [0.717, 1.165) is 32.1 Å². The first kappa shape index (κ1) is 13.8. The van der Waals surface area contributed by atoms with E-state index in [4.69, 9.17) is 4.74 Å². The van der Waals surface area contributed by atoms with Crippen molar-refractivity contribution in [1.29, 1.82) is 0 Å². The SMILES string of the molecule is COc1ncccc1C(=O)NC1CCCCCC1O. The quantitative estimate of drug-likeness (QED) is 0.812. The molecule has 5 heteroatoms. The van der Waals surface area contributed by atoms with Crippen molar-refractivity contribution in [1.82, 2.24) is 10.3 Å². The number of nitrogens with one attached hydrogen (secondary N) is 1. The third kappa shape index (κ3) is 3.44. The van der Waals surface area contributed by atoms with E-state index in [0.29, 0.717) is 11.4 Å². The summed E-state index contributed by atoms with van der Waals surface area (Å²) < 4.78 is 5.07. The van der Waals surface area contributed by atoms with E-state index < -0.39 is 6.10 Å². The minimum absolute atomic E-state index is 0.181. The number of amides is 1. The zero-order chi connectivity index (χ0) is 13.7. The predicted molar refractivity (Wildman–Crippen MR) is 71.1 cm³/mol. The first-order valence-electron chi connectivity index (χ1n) is 6.70. The summed E-state index contributed by atoms with van der Waals surface area (Å²) in [6.07, 6.45) is 5.84. The van der Waals surface area contributed by atoms with Gasteiger partial charge in [-0.2, -0.15) is 0 Å². The van der Waals surface area contributed by atoms with Gasteiger partial charge < -0.3 is 15.2 Å². The van der Waals surface area contributed by atoms with Crippen LogP contribution in [-0.2, 0) is 0 Å². The number of pyridine rings is 1. The molecular weight excluding hydrogens is 244 g/mol. The Kier molecular flexibility index (Phi) is 4.74. The maximum Gasteiger partial charge on any atom is 0.257 e. The highest BCUT2D eigenvalue weighted by molar-refractivity contribution is 5.96. The second kappa shape index (κ2) is 6.52. The monoisotopic (exact) mass is 264 g/mol. The average molecular weight is 264 g/mol.